The molecule has 1 aromatic heterocycles. The predicted molar refractivity (Wildman–Crippen MR) is 74.3 cm³/mol. The maximum atomic E-state index is 6.71. The van der Waals surface area contributed by atoms with Crippen molar-refractivity contribution in [3.05, 3.63) is 20.3 Å². The van der Waals surface area contributed by atoms with Crippen LogP contribution in [0.1, 0.15) is 41.5 Å². The summed E-state index contributed by atoms with van der Waals surface area (Å²) in [4.78, 5) is 1.38. The first kappa shape index (κ1) is 11.6. The van der Waals surface area contributed by atoms with Gasteiger partial charge in [-0.15, -0.1) is 22.9 Å². The van der Waals surface area contributed by atoms with Gasteiger partial charge in [-0.3, -0.25) is 0 Å². The van der Waals surface area contributed by atoms with Gasteiger partial charge in [0.05, 0.1) is 9.16 Å². The highest BCUT2D eigenvalue weighted by Crippen LogP contribution is 2.55. The Morgan fingerprint density at radius 2 is 2.25 bits per heavy atom. The Balaban J connectivity index is 1.82. The van der Waals surface area contributed by atoms with Gasteiger partial charge in [-0.05, 0) is 71.5 Å². The van der Waals surface area contributed by atoms with E-state index in [1.165, 1.54) is 39.9 Å². The molecule has 3 heteroatoms. The van der Waals surface area contributed by atoms with Crippen molar-refractivity contribution in [2.45, 2.75) is 38.0 Å². The number of rotatable bonds is 2. The van der Waals surface area contributed by atoms with E-state index in [1.54, 1.807) is 0 Å². The molecule has 4 unspecified atom stereocenters. The molecule has 16 heavy (non-hydrogen) atoms. The average molecular weight is 320 g/mol. The van der Waals surface area contributed by atoms with Gasteiger partial charge >= 0.3 is 0 Å². The van der Waals surface area contributed by atoms with Crippen LogP contribution >= 0.6 is 38.9 Å². The van der Waals surface area contributed by atoms with Gasteiger partial charge in [0.25, 0.3) is 0 Å². The predicted octanol–water partition coefficient (Wildman–Crippen LogP) is 5.54. The van der Waals surface area contributed by atoms with Crippen LogP contribution in [0.25, 0.3) is 0 Å². The zero-order chi connectivity index (χ0) is 11.3. The summed E-state index contributed by atoms with van der Waals surface area (Å²) in [5.74, 6) is 2.63. The minimum Gasteiger partial charge on any atom is -0.133 e. The highest BCUT2D eigenvalue weighted by atomic mass is 79.9. The van der Waals surface area contributed by atoms with E-state index in [1.807, 2.05) is 11.3 Å². The SMILES string of the molecule is Cc1sc(Br)cc1C(Cl)C1CC2CCC1C2. The second-order valence-electron chi connectivity index (χ2n) is 5.30. The summed E-state index contributed by atoms with van der Waals surface area (Å²) in [6, 6.07) is 2.23. The van der Waals surface area contributed by atoms with E-state index in [0.29, 0.717) is 0 Å². The molecular weight excluding hydrogens is 304 g/mol. The third-order valence-corrected chi connectivity index (χ3v) is 6.52. The molecule has 0 saturated heterocycles. The topological polar surface area (TPSA) is 0 Å². The zero-order valence-corrected chi connectivity index (χ0v) is 12.5. The number of thiophene rings is 1. The summed E-state index contributed by atoms with van der Waals surface area (Å²) in [7, 11) is 0. The average Bonchev–Trinajstić information content (AvgIpc) is 2.91. The number of halogens is 2. The summed E-state index contributed by atoms with van der Waals surface area (Å²) in [5, 5.41) is 0.248. The first-order valence-corrected chi connectivity index (χ1v) is 8.09. The Kier molecular flexibility index (Phi) is 3.10. The van der Waals surface area contributed by atoms with Crippen LogP contribution < -0.4 is 0 Å². The van der Waals surface area contributed by atoms with Crippen molar-refractivity contribution in [2.75, 3.05) is 0 Å². The number of aryl methyl sites for hydroxylation is 1. The molecule has 2 aliphatic rings. The third-order valence-electron chi connectivity index (χ3n) is 4.39. The number of alkyl halides is 1. The Hall–Kier alpha value is 0.470. The van der Waals surface area contributed by atoms with Crippen LogP contribution in [-0.4, -0.2) is 0 Å². The summed E-state index contributed by atoms with van der Waals surface area (Å²) < 4.78 is 1.22. The highest BCUT2D eigenvalue weighted by Gasteiger charge is 2.43. The van der Waals surface area contributed by atoms with Crippen LogP contribution in [0.5, 0.6) is 0 Å². The molecule has 4 atom stereocenters. The van der Waals surface area contributed by atoms with Crippen molar-refractivity contribution in [1.82, 2.24) is 0 Å². The van der Waals surface area contributed by atoms with Crippen molar-refractivity contribution in [3.8, 4) is 0 Å². The Labute approximate surface area is 115 Å². The minimum atomic E-state index is 0.248. The molecule has 2 bridgehead atoms. The Bertz CT molecular complexity index is 401. The lowest BCUT2D eigenvalue weighted by atomic mass is 9.84. The van der Waals surface area contributed by atoms with Crippen molar-refractivity contribution in [3.63, 3.8) is 0 Å². The second kappa shape index (κ2) is 4.29. The summed E-state index contributed by atoms with van der Waals surface area (Å²) in [6.07, 6.45) is 5.68. The van der Waals surface area contributed by atoms with Gasteiger partial charge in [0.15, 0.2) is 0 Å². The van der Waals surface area contributed by atoms with E-state index in [0.717, 1.165) is 17.8 Å². The standard InChI is InChI=1S/C13H16BrClS/c1-7-10(6-12(14)16-7)13(15)11-5-8-2-3-9(11)4-8/h6,8-9,11,13H,2-5H2,1H3. The van der Waals surface area contributed by atoms with Crippen LogP contribution in [0, 0.1) is 24.7 Å². The maximum Gasteiger partial charge on any atom is 0.0704 e. The van der Waals surface area contributed by atoms with Gasteiger partial charge in [0, 0.05) is 4.88 Å². The first-order chi connectivity index (χ1) is 7.65. The lowest BCUT2D eigenvalue weighted by Crippen LogP contribution is -2.15. The Morgan fingerprint density at radius 3 is 2.75 bits per heavy atom. The molecule has 0 N–H and O–H groups in total. The molecule has 1 heterocycles. The number of hydrogen-bond acceptors (Lipinski definition) is 1. The minimum absolute atomic E-state index is 0.248. The molecular formula is C13H16BrClS. The van der Waals surface area contributed by atoms with Crippen LogP contribution in [0.4, 0.5) is 0 Å². The molecule has 2 fully saturated rings. The molecule has 88 valence electrons. The molecule has 0 nitrogen and oxygen atoms in total. The third kappa shape index (κ3) is 1.87. The lowest BCUT2D eigenvalue weighted by Gasteiger charge is -2.26. The number of fused-ring (bicyclic) bond motifs is 2. The number of hydrogen-bond donors (Lipinski definition) is 0. The monoisotopic (exact) mass is 318 g/mol. The van der Waals surface area contributed by atoms with Crippen molar-refractivity contribution in [1.29, 1.82) is 0 Å². The molecule has 2 aliphatic carbocycles. The molecule has 1 aromatic rings. The fourth-order valence-electron chi connectivity index (χ4n) is 3.62. The lowest BCUT2D eigenvalue weighted by molar-refractivity contribution is 0.323. The maximum absolute atomic E-state index is 6.71. The first-order valence-electron chi connectivity index (χ1n) is 6.05. The van der Waals surface area contributed by atoms with Crippen molar-refractivity contribution >= 4 is 38.9 Å². The fourth-order valence-corrected chi connectivity index (χ4v) is 5.97. The molecule has 0 amide bonds. The van der Waals surface area contributed by atoms with Crippen LogP contribution in [0.15, 0.2) is 9.85 Å². The van der Waals surface area contributed by atoms with Crippen molar-refractivity contribution in [2.24, 2.45) is 17.8 Å². The second-order valence-corrected chi connectivity index (χ2v) is 8.41. The fraction of sp³-hybridized carbons (Fsp3) is 0.692. The Morgan fingerprint density at radius 1 is 1.44 bits per heavy atom. The molecule has 2 saturated carbocycles. The van der Waals surface area contributed by atoms with Gasteiger partial charge in [0.1, 0.15) is 0 Å². The molecule has 0 aliphatic heterocycles. The van der Waals surface area contributed by atoms with E-state index in [2.05, 4.69) is 28.9 Å². The van der Waals surface area contributed by atoms with Gasteiger partial charge in [0.2, 0.25) is 0 Å². The van der Waals surface area contributed by atoms with E-state index in [-0.39, 0.29) is 5.38 Å². The van der Waals surface area contributed by atoms with E-state index < -0.39 is 0 Å². The summed E-state index contributed by atoms with van der Waals surface area (Å²) >= 11 is 12.1. The molecule has 3 rings (SSSR count). The highest BCUT2D eigenvalue weighted by molar-refractivity contribution is 9.11. The summed E-state index contributed by atoms with van der Waals surface area (Å²) in [6.45, 7) is 2.19. The summed E-state index contributed by atoms with van der Waals surface area (Å²) in [5.41, 5.74) is 1.37. The largest absolute Gasteiger partial charge is 0.133 e. The molecule has 0 radical (unpaired) electrons. The van der Waals surface area contributed by atoms with Gasteiger partial charge < -0.3 is 0 Å². The van der Waals surface area contributed by atoms with Crippen LogP contribution in [0.2, 0.25) is 0 Å². The quantitative estimate of drug-likeness (QED) is 0.628. The van der Waals surface area contributed by atoms with E-state index in [4.69, 9.17) is 11.6 Å². The van der Waals surface area contributed by atoms with Gasteiger partial charge in [-0.2, -0.15) is 0 Å². The zero-order valence-electron chi connectivity index (χ0n) is 9.38. The van der Waals surface area contributed by atoms with E-state index in [9.17, 15) is 0 Å². The normalized spacial score (nSPS) is 34.6. The molecule has 0 spiro atoms. The van der Waals surface area contributed by atoms with Gasteiger partial charge in [-0.25, -0.2) is 0 Å². The van der Waals surface area contributed by atoms with Crippen molar-refractivity contribution < 1.29 is 0 Å². The van der Waals surface area contributed by atoms with Crippen LogP contribution in [-0.2, 0) is 0 Å². The molecule has 0 aromatic carbocycles. The van der Waals surface area contributed by atoms with E-state index >= 15 is 0 Å². The van der Waals surface area contributed by atoms with Gasteiger partial charge in [-0.1, -0.05) is 6.42 Å². The van der Waals surface area contributed by atoms with Crippen LogP contribution in [0.3, 0.4) is 0 Å². The smallest absolute Gasteiger partial charge is 0.0704 e.